The zero-order valence-corrected chi connectivity index (χ0v) is 9.85. The van der Waals surface area contributed by atoms with Crippen LogP contribution in [0.1, 0.15) is 5.56 Å². The fourth-order valence-corrected chi connectivity index (χ4v) is 1.46. The van der Waals surface area contributed by atoms with E-state index in [2.05, 4.69) is 5.32 Å². The van der Waals surface area contributed by atoms with E-state index in [0.29, 0.717) is 0 Å². The molecule has 98 valence electrons. The minimum atomic E-state index is -0.828. The molecule has 0 spiro atoms. The molecule has 0 saturated carbocycles. The molecule has 0 aliphatic heterocycles. The number of anilines is 1. The summed E-state index contributed by atoms with van der Waals surface area (Å²) in [5.41, 5.74) is 0.229. The Bertz CT molecular complexity index is 625. The highest BCUT2D eigenvalue weighted by atomic mass is 19.1. The number of halogens is 1. The first kappa shape index (κ1) is 12.8. The number of aromatic amines is 1. The van der Waals surface area contributed by atoms with Gasteiger partial charge in [-0.2, -0.15) is 4.39 Å². The number of nitrogens with one attached hydrogen (secondary N) is 2. The lowest BCUT2D eigenvalue weighted by atomic mass is 10.2. The lowest BCUT2D eigenvalue weighted by Gasteiger charge is -2.06. The predicted octanol–water partition coefficient (Wildman–Crippen LogP) is 2.26. The van der Waals surface area contributed by atoms with Crippen molar-refractivity contribution in [3.63, 3.8) is 0 Å². The quantitative estimate of drug-likeness (QED) is 0.833. The summed E-state index contributed by atoms with van der Waals surface area (Å²) in [7, 11) is 0. The zero-order valence-electron chi connectivity index (χ0n) is 9.85. The highest BCUT2D eigenvalue weighted by Crippen LogP contribution is 2.06. The zero-order chi connectivity index (χ0) is 13.7. The first-order valence-electron chi connectivity index (χ1n) is 5.51. The third-order valence-corrected chi connectivity index (χ3v) is 2.27. The van der Waals surface area contributed by atoms with Gasteiger partial charge >= 0.3 is 6.09 Å². The van der Waals surface area contributed by atoms with Gasteiger partial charge in [0.25, 0.3) is 5.56 Å². The molecule has 1 aromatic heterocycles. The van der Waals surface area contributed by atoms with Gasteiger partial charge in [0.2, 0.25) is 0 Å². The largest absolute Gasteiger partial charge is 0.444 e. The van der Waals surface area contributed by atoms with Crippen LogP contribution in [0.2, 0.25) is 0 Å². The number of amides is 1. The summed E-state index contributed by atoms with van der Waals surface area (Å²) in [6, 6.07) is 11.2. The van der Waals surface area contributed by atoms with Crippen molar-refractivity contribution in [3.8, 4) is 0 Å². The lowest BCUT2D eigenvalue weighted by Crippen LogP contribution is -2.16. The summed E-state index contributed by atoms with van der Waals surface area (Å²) >= 11 is 0. The van der Waals surface area contributed by atoms with Crippen LogP contribution in [0.15, 0.2) is 47.3 Å². The molecular weight excluding hydrogens is 251 g/mol. The highest BCUT2D eigenvalue weighted by Gasteiger charge is 2.05. The molecule has 0 aliphatic carbocycles. The topological polar surface area (TPSA) is 71.2 Å². The number of rotatable bonds is 3. The standard InChI is InChI=1S/C13H11FN2O3/c14-11-6-10(7-12(17)16-11)15-13(18)19-8-9-4-2-1-3-5-9/h1-7H,8H2,(H2,15,16,17,18). The number of H-pyrrole nitrogens is 1. The molecule has 1 aromatic carbocycles. The van der Waals surface area contributed by atoms with E-state index >= 15 is 0 Å². The number of carbonyl (C=O) groups excluding carboxylic acids is 1. The van der Waals surface area contributed by atoms with Gasteiger partial charge in [-0.15, -0.1) is 0 Å². The van der Waals surface area contributed by atoms with Crippen molar-refractivity contribution in [3.05, 3.63) is 64.3 Å². The summed E-state index contributed by atoms with van der Waals surface area (Å²) in [6.45, 7) is 0.0956. The van der Waals surface area contributed by atoms with Crippen LogP contribution in [0, 0.1) is 5.95 Å². The van der Waals surface area contributed by atoms with Gasteiger partial charge in [0.05, 0.1) is 5.69 Å². The molecule has 1 amide bonds. The van der Waals surface area contributed by atoms with Crippen LogP contribution in [-0.2, 0) is 11.3 Å². The first-order chi connectivity index (χ1) is 9.13. The van der Waals surface area contributed by atoms with Gasteiger partial charge in [-0.1, -0.05) is 30.3 Å². The minimum absolute atomic E-state index is 0.0410. The van der Waals surface area contributed by atoms with E-state index in [1.807, 2.05) is 23.2 Å². The normalized spacial score (nSPS) is 9.95. The van der Waals surface area contributed by atoms with Crippen molar-refractivity contribution < 1.29 is 13.9 Å². The molecule has 6 heteroatoms. The molecular formula is C13H11FN2O3. The van der Waals surface area contributed by atoms with Gasteiger partial charge in [-0.3, -0.25) is 15.1 Å². The van der Waals surface area contributed by atoms with Crippen LogP contribution in [0.5, 0.6) is 0 Å². The van der Waals surface area contributed by atoms with Crippen molar-refractivity contribution in [2.75, 3.05) is 5.32 Å². The Morgan fingerprint density at radius 3 is 2.68 bits per heavy atom. The van der Waals surface area contributed by atoms with Crippen molar-refractivity contribution in [2.24, 2.45) is 0 Å². The van der Waals surface area contributed by atoms with Crippen molar-refractivity contribution in [1.29, 1.82) is 0 Å². The summed E-state index contributed by atoms with van der Waals surface area (Å²) < 4.78 is 17.8. The Balaban J connectivity index is 1.92. The second kappa shape index (κ2) is 5.81. The number of benzene rings is 1. The first-order valence-corrected chi connectivity index (χ1v) is 5.51. The summed E-state index contributed by atoms with van der Waals surface area (Å²) in [5, 5.41) is 2.27. The van der Waals surface area contributed by atoms with Gasteiger partial charge in [-0.05, 0) is 5.56 Å². The summed E-state index contributed by atoms with van der Waals surface area (Å²) in [6.07, 6.45) is -0.756. The smallest absolute Gasteiger partial charge is 0.411 e. The molecule has 2 N–H and O–H groups in total. The van der Waals surface area contributed by atoms with Crippen molar-refractivity contribution in [2.45, 2.75) is 6.61 Å². The van der Waals surface area contributed by atoms with E-state index in [9.17, 15) is 14.0 Å². The Hall–Kier alpha value is -2.63. The molecule has 5 nitrogen and oxygen atoms in total. The molecule has 0 unspecified atom stereocenters. The second-order valence-corrected chi connectivity index (χ2v) is 3.77. The number of aromatic nitrogens is 1. The average molecular weight is 262 g/mol. The molecule has 0 fully saturated rings. The highest BCUT2D eigenvalue weighted by molar-refractivity contribution is 5.84. The monoisotopic (exact) mass is 262 g/mol. The van der Waals surface area contributed by atoms with E-state index in [0.717, 1.165) is 17.7 Å². The molecule has 1 heterocycles. The van der Waals surface area contributed by atoms with Gasteiger partial charge in [0.15, 0.2) is 5.95 Å². The van der Waals surface area contributed by atoms with E-state index in [1.54, 1.807) is 12.1 Å². The maximum atomic E-state index is 12.9. The lowest BCUT2D eigenvalue weighted by molar-refractivity contribution is 0.155. The number of hydrogen-bond acceptors (Lipinski definition) is 3. The van der Waals surface area contributed by atoms with Crippen LogP contribution >= 0.6 is 0 Å². The Morgan fingerprint density at radius 2 is 2.00 bits per heavy atom. The van der Waals surface area contributed by atoms with E-state index in [1.165, 1.54) is 0 Å². The molecule has 0 radical (unpaired) electrons. The molecule has 0 atom stereocenters. The molecule has 2 rings (SSSR count). The second-order valence-electron chi connectivity index (χ2n) is 3.77. The van der Waals surface area contributed by atoms with E-state index < -0.39 is 17.6 Å². The Morgan fingerprint density at radius 1 is 1.26 bits per heavy atom. The molecule has 0 saturated heterocycles. The van der Waals surface area contributed by atoms with Gasteiger partial charge in [0.1, 0.15) is 6.61 Å². The van der Waals surface area contributed by atoms with Gasteiger partial charge in [-0.25, -0.2) is 4.79 Å². The van der Waals surface area contributed by atoms with Crippen molar-refractivity contribution in [1.82, 2.24) is 4.98 Å². The Kier molecular flexibility index (Phi) is 3.92. The van der Waals surface area contributed by atoms with Crippen LogP contribution in [0.4, 0.5) is 14.9 Å². The number of pyridine rings is 1. The predicted molar refractivity (Wildman–Crippen MR) is 67.3 cm³/mol. The van der Waals surface area contributed by atoms with Crippen LogP contribution < -0.4 is 10.9 Å². The fourth-order valence-electron chi connectivity index (χ4n) is 1.46. The SMILES string of the molecule is O=C(Nc1cc(F)[nH]c(=O)c1)OCc1ccccc1. The minimum Gasteiger partial charge on any atom is -0.444 e. The number of carbonyl (C=O) groups is 1. The fraction of sp³-hybridized carbons (Fsp3) is 0.0769. The maximum Gasteiger partial charge on any atom is 0.411 e. The summed E-state index contributed by atoms with van der Waals surface area (Å²) in [4.78, 5) is 24.4. The van der Waals surface area contributed by atoms with Crippen molar-refractivity contribution >= 4 is 11.8 Å². The Labute approximate surface area is 108 Å². The number of hydrogen-bond donors (Lipinski definition) is 2. The average Bonchev–Trinajstić information content (AvgIpc) is 2.36. The van der Waals surface area contributed by atoms with E-state index in [-0.39, 0.29) is 12.3 Å². The van der Waals surface area contributed by atoms with Crippen LogP contribution in [0.25, 0.3) is 0 Å². The molecule has 0 aliphatic rings. The molecule has 0 bridgehead atoms. The molecule has 19 heavy (non-hydrogen) atoms. The third-order valence-electron chi connectivity index (χ3n) is 2.27. The third kappa shape index (κ3) is 3.95. The van der Waals surface area contributed by atoms with Crippen LogP contribution in [-0.4, -0.2) is 11.1 Å². The van der Waals surface area contributed by atoms with Gasteiger partial charge in [0, 0.05) is 12.1 Å². The maximum absolute atomic E-state index is 12.9. The molecule has 2 aromatic rings. The van der Waals surface area contributed by atoms with Gasteiger partial charge < -0.3 is 4.74 Å². The summed E-state index contributed by atoms with van der Waals surface area (Å²) in [5.74, 6) is -0.828. The van der Waals surface area contributed by atoms with Crippen LogP contribution in [0.3, 0.4) is 0 Å². The van der Waals surface area contributed by atoms with E-state index in [4.69, 9.17) is 4.74 Å². The number of ether oxygens (including phenoxy) is 1.